The van der Waals surface area contributed by atoms with Crippen LogP contribution < -0.4 is 10.1 Å². The van der Waals surface area contributed by atoms with Crippen LogP contribution in [-0.4, -0.2) is 34.2 Å². The monoisotopic (exact) mass is 382 g/mol. The normalized spacial score (nSPS) is 24.6. The highest BCUT2D eigenvalue weighted by atomic mass is 16.5. The summed E-state index contributed by atoms with van der Waals surface area (Å²) in [6, 6.07) is 8.18. The quantitative estimate of drug-likeness (QED) is 0.820. The van der Waals surface area contributed by atoms with Crippen molar-refractivity contribution >= 4 is 16.7 Å². The summed E-state index contributed by atoms with van der Waals surface area (Å²) < 4.78 is 6.27. The zero-order chi connectivity index (χ0) is 19.3. The molecule has 1 amide bonds. The van der Waals surface area contributed by atoms with Crippen LogP contribution in [0.2, 0.25) is 0 Å². The van der Waals surface area contributed by atoms with Gasteiger partial charge >= 0.3 is 0 Å². The number of rotatable bonds is 5. The average Bonchev–Trinajstić information content (AvgIpc) is 2.75. The maximum absolute atomic E-state index is 12.4. The molecule has 28 heavy (non-hydrogen) atoms. The van der Waals surface area contributed by atoms with Gasteiger partial charge in [-0.25, -0.2) is 0 Å². The lowest BCUT2D eigenvalue weighted by molar-refractivity contribution is -0.133. The molecule has 5 nitrogen and oxygen atoms in total. The molecule has 2 aliphatic rings. The summed E-state index contributed by atoms with van der Waals surface area (Å²) in [6.45, 7) is 0. The molecule has 0 spiro atoms. The Hall–Kier alpha value is -2.14. The molecule has 2 aliphatic carbocycles. The van der Waals surface area contributed by atoms with Crippen molar-refractivity contribution in [3.63, 3.8) is 0 Å². The topological polar surface area (TPSA) is 71.5 Å². The Bertz CT molecular complexity index is 790. The second-order valence-corrected chi connectivity index (χ2v) is 8.30. The first-order chi connectivity index (χ1) is 13.7. The molecule has 2 N–H and O–H groups in total. The minimum atomic E-state index is -0.849. The summed E-state index contributed by atoms with van der Waals surface area (Å²) in [4.78, 5) is 16.6. The number of ether oxygens (including phenoxy) is 1. The Morgan fingerprint density at radius 3 is 2.64 bits per heavy atom. The molecular weight excluding hydrogens is 352 g/mol. The SMILES string of the molecule is O=C(NC1CCC(Oc2cccc3cnccc23)CC1)[C@H](O)C1CCCCC1. The number of nitrogens with one attached hydrogen (secondary N) is 1. The number of carbonyl (C=O) groups is 1. The van der Waals surface area contributed by atoms with Crippen molar-refractivity contribution in [3.8, 4) is 5.75 Å². The average molecular weight is 383 g/mol. The van der Waals surface area contributed by atoms with Crippen LogP contribution >= 0.6 is 0 Å². The number of amides is 1. The first kappa shape index (κ1) is 19.2. The van der Waals surface area contributed by atoms with Gasteiger partial charge in [0, 0.05) is 29.2 Å². The second kappa shape index (κ2) is 8.91. The Labute approximate surface area is 166 Å². The molecule has 1 aromatic carbocycles. The van der Waals surface area contributed by atoms with Gasteiger partial charge in [-0.15, -0.1) is 0 Å². The number of hydrogen-bond acceptors (Lipinski definition) is 4. The summed E-state index contributed by atoms with van der Waals surface area (Å²) in [5.41, 5.74) is 0. The molecular formula is C23H30N2O3. The number of aromatic nitrogens is 1. The predicted octanol–water partition coefficient (Wildman–Crippen LogP) is 3.98. The van der Waals surface area contributed by atoms with Crippen molar-refractivity contribution in [2.75, 3.05) is 0 Å². The molecule has 1 heterocycles. The number of benzene rings is 1. The molecule has 1 aromatic heterocycles. The highest BCUT2D eigenvalue weighted by Crippen LogP contribution is 2.30. The highest BCUT2D eigenvalue weighted by molar-refractivity contribution is 5.87. The Balaban J connectivity index is 1.28. The van der Waals surface area contributed by atoms with Gasteiger partial charge in [-0.3, -0.25) is 9.78 Å². The molecule has 0 unspecified atom stereocenters. The van der Waals surface area contributed by atoms with Crippen LogP contribution in [0.5, 0.6) is 5.75 Å². The van der Waals surface area contributed by atoms with Gasteiger partial charge < -0.3 is 15.2 Å². The first-order valence-corrected chi connectivity index (χ1v) is 10.7. The molecule has 2 aromatic rings. The van der Waals surface area contributed by atoms with Gasteiger partial charge in [0.25, 0.3) is 0 Å². The van der Waals surface area contributed by atoms with Gasteiger partial charge in [0.2, 0.25) is 5.91 Å². The fourth-order valence-corrected chi connectivity index (χ4v) is 4.65. The Kier molecular flexibility index (Phi) is 6.10. The third kappa shape index (κ3) is 4.46. The second-order valence-electron chi connectivity index (χ2n) is 8.30. The fourth-order valence-electron chi connectivity index (χ4n) is 4.65. The van der Waals surface area contributed by atoms with Gasteiger partial charge in [-0.05, 0) is 56.6 Å². The van der Waals surface area contributed by atoms with Crippen LogP contribution in [0, 0.1) is 5.92 Å². The first-order valence-electron chi connectivity index (χ1n) is 10.7. The van der Waals surface area contributed by atoms with Crippen LogP contribution in [0.15, 0.2) is 36.7 Å². The van der Waals surface area contributed by atoms with Crippen LogP contribution in [0.4, 0.5) is 0 Å². The summed E-state index contributed by atoms with van der Waals surface area (Å²) in [5.74, 6) is 0.854. The maximum Gasteiger partial charge on any atom is 0.249 e. The van der Waals surface area contributed by atoms with Crippen molar-refractivity contribution in [3.05, 3.63) is 36.7 Å². The molecule has 0 radical (unpaired) electrons. The van der Waals surface area contributed by atoms with E-state index in [4.69, 9.17) is 4.74 Å². The molecule has 0 saturated heterocycles. The van der Waals surface area contributed by atoms with E-state index in [-0.39, 0.29) is 24.0 Å². The smallest absolute Gasteiger partial charge is 0.249 e. The van der Waals surface area contributed by atoms with E-state index < -0.39 is 6.10 Å². The van der Waals surface area contributed by atoms with Crippen molar-refractivity contribution in [1.29, 1.82) is 0 Å². The van der Waals surface area contributed by atoms with Gasteiger partial charge in [0.15, 0.2) is 0 Å². The zero-order valence-electron chi connectivity index (χ0n) is 16.3. The minimum absolute atomic E-state index is 0.134. The fraction of sp³-hybridized carbons (Fsp3) is 0.565. The lowest BCUT2D eigenvalue weighted by Crippen LogP contribution is -2.46. The molecule has 2 saturated carbocycles. The van der Waals surface area contributed by atoms with Gasteiger partial charge in [0.05, 0.1) is 6.10 Å². The predicted molar refractivity (Wildman–Crippen MR) is 109 cm³/mol. The molecule has 150 valence electrons. The van der Waals surface area contributed by atoms with Crippen molar-refractivity contribution < 1.29 is 14.6 Å². The maximum atomic E-state index is 12.4. The van der Waals surface area contributed by atoms with E-state index >= 15 is 0 Å². The van der Waals surface area contributed by atoms with E-state index in [2.05, 4.69) is 10.3 Å². The number of pyridine rings is 1. The number of carbonyl (C=O) groups excluding carboxylic acids is 1. The molecule has 0 aliphatic heterocycles. The third-order valence-corrected chi connectivity index (χ3v) is 6.32. The summed E-state index contributed by atoms with van der Waals surface area (Å²) in [5, 5.41) is 15.6. The lowest BCUT2D eigenvalue weighted by atomic mass is 9.84. The minimum Gasteiger partial charge on any atom is -0.490 e. The molecule has 0 bridgehead atoms. The third-order valence-electron chi connectivity index (χ3n) is 6.32. The lowest BCUT2D eigenvalue weighted by Gasteiger charge is -2.32. The van der Waals surface area contributed by atoms with Gasteiger partial charge in [-0.1, -0.05) is 31.4 Å². The zero-order valence-corrected chi connectivity index (χ0v) is 16.3. The van der Waals surface area contributed by atoms with E-state index in [9.17, 15) is 9.90 Å². The summed E-state index contributed by atoms with van der Waals surface area (Å²) in [6.07, 6.45) is 12.0. The van der Waals surface area contributed by atoms with Crippen molar-refractivity contribution in [2.45, 2.75) is 76.0 Å². The largest absolute Gasteiger partial charge is 0.490 e. The molecule has 2 fully saturated rings. The number of fused-ring (bicyclic) bond motifs is 1. The Morgan fingerprint density at radius 2 is 1.86 bits per heavy atom. The number of hydrogen-bond donors (Lipinski definition) is 2. The van der Waals surface area contributed by atoms with Crippen LogP contribution in [-0.2, 0) is 4.79 Å². The van der Waals surface area contributed by atoms with Crippen molar-refractivity contribution in [1.82, 2.24) is 10.3 Å². The standard InChI is InChI=1S/C23H30N2O3/c26-22(16-5-2-1-3-6-16)23(27)25-18-9-11-19(12-10-18)28-21-8-4-7-17-15-24-14-13-20(17)21/h4,7-8,13-16,18-19,22,26H,1-3,5-6,9-12H2,(H,25,27)/t18?,19?,22-/m1/s1. The Morgan fingerprint density at radius 1 is 1.07 bits per heavy atom. The number of nitrogens with zero attached hydrogens (tertiary/aromatic N) is 1. The van der Waals surface area contributed by atoms with Gasteiger partial charge in [0.1, 0.15) is 11.9 Å². The molecule has 4 rings (SSSR count). The van der Waals surface area contributed by atoms with E-state index in [1.807, 2.05) is 30.5 Å². The number of aliphatic hydroxyl groups is 1. The van der Waals surface area contributed by atoms with Crippen LogP contribution in [0.25, 0.3) is 10.8 Å². The van der Waals surface area contributed by atoms with Crippen LogP contribution in [0.3, 0.4) is 0 Å². The van der Waals surface area contributed by atoms with Crippen LogP contribution in [0.1, 0.15) is 57.8 Å². The summed E-state index contributed by atoms with van der Waals surface area (Å²) in [7, 11) is 0. The van der Waals surface area contributed by atoms with E-state index in [0.717, 1.165) is 67.9 Å². The van der Waals surface area contributed by atoms with E-state index in [1.54, 1.807) is 6.20 Å². The van der Waals surface area contributed by atoms with Crippen molar-refractivity contribution in [2.24, 2.45) is 5.92 Å². The molecule has 5 heteroatoms. The molecule has 1 atom stereocenters. The van der Waals surface area contributed by atoms with E-state index in [0.29, 0.717) is 0 Å². The van der Waals surface area contributed by atoms with E-state index in [1.165, 1.54) is 6.42 Å². The van der Waals surface area contributed by atoms with Gasteiger partial charge in [-0.2, -0.15) is 0 Å². The summed E-state index contributed by atoms with van der Waals surface area (Å²) >= 11 is 0. The highest BCUT2D eigenvalue weighted by Gasteiger charge is 2.30. The number of aliphatic hydroxyl groups excluding tert-OH is 1.